The quantitative estimate of drug-likeness (QED) is 0.622. The second-order valence-electron chi connectivity index (χ2n) is 7.28. The molecule has 0 bridgehead atoms. The molecule has 4 rings (SSSR count). The van der Waals surface area contributed by atoms with Crippen molar-refractivity contribution in [2.24, 2.45) is 0 Å². The zero-order valence-electron chi connectivity index (χ0n) is 17.2. The third-order valence-electron chi connectivity index (χ3n) is 5.08. The molecule has 1 aliphatic heterocycles. The Bertz CT molecular complexity index is 1220. The van der Waals surface area contributed by atoms with E-state index >= 15 is 0 Å². The molecule has 0 saturated carbocycles. The maximum absolute atomic E-state index is 13.4. The van der Waals surface area contributed by atoms with Gasteiger partial charge in [0, 0.05) is 0 Å². The smallest absolute Gasteiger partial charge is 0.288 e. The van der Waals surface area contributed by atoms with Crippen LogP contribution in [0.25, 0.3) is 11.0 Å². The molecule has 0 fully saturated rings. The Morgan fingerprint density at radius 1 is 1.13 bits per heavy atom. The molecule has 1 unspecified atom stereocenters. The fraction of sp³-hybridized carbons (Fsp3) is 0.250. The summed E-state index contributed by atoms with van der Waals surface area (Å²) >= 11 is 0. The lowest BCUT2D eigenvalue weighted by Gasteiger charge is -2.16. The summed E-state index contributed by atoms with van der Waals surface area (Å²) in [6.07, 6.45) is 1.65. The van der Waals surface area contributed by atoms with E-state index in [-0.39, 0.29) is 11.2 Å². The van der Waals surface area contributed by atoms with E-state index in [2.05, 4.69) is 11.9 Å². The van der Waals surface area contributed by atoms with Crippen LogP contribution < -0.4 is 20.2 Å². The summed E-state index contributed by atoms with van der Waals surface area (Å²) < 4.78 is 17.3. The Morgan fingerprint density at radius 3 is 2.67 bits per heavy atom. The molecule has 1 amide bonds. The topological polar surface area (TPSA) is 77.8 Å². The predicted molar refractivity (Wildman–Crippen MR) is 115 cm³/mol. The summed E-state index contributed by atoms with van der Waals surface area (Å²) in [7, 11) is 0. The summed E-state index contributed by atoms with van der Waals surface area (Å²) in [6.45, 7) is 10.1. The van der Waals surface area contributed by atoms with Crippen molar-refractivity contribution in [3.8, 4) is 11.5 Å². The number of rotatable bonds is 6. The minimum absolute atomic E-state index is 0.0643. The van der Waals surface area contributed by atoms with Gasteiger partial charge >= 0.3 is 0 Å². The number of aryl methyl sites for hydroxylation is 2. The molecular formula is C24H23NO5. The number of carbonyl (C=O) groups is 1. The van der Waals surface area contributed by atoms with Crippen molar-refractivity contribution in [3.05, 3.63) is 81.2 Å². The van der Waals surface area contributed by atoms with Gasteiger partial charge in [-0.1, -0.05) is 24.8 Å². The molecule has 1 aromatic heterocycles. The Balaban J connectivity index is 1.87. The van der Waals surface area contributed by atoms with Crippen LogP contribution in [-0.2, 0) is 0 Å². The van der Waals surface area contributed by atoms with Gasteiger partial charge in [-0.05, 0) is 55.7 Å². The lowest BCUT2D eigenvalue weighted by atomic mass is 9.97. The maximum atomic E-state index is 13.4. The van der Waals surface area contributed by atoms with Crippen LogP contribution in [0.3, 0.4) is 0 Å². The summed E-state index contributed by atoms with van der Waals surface area (Å²) in [6, 6.07) is 8.47. The number of fused-ring (bicyclic) bond motifs is 2. The first kappa shape index (κ1) is 19.8. The van der Waals surface area contributed by atoms with Crippen molar-refractivity contribution < 1.29 is 18.7 Å². The summed E-state index contributed by atoms with van der Waals surface area (Å²) in [5.41, 5.74) is 3.06. The first-order valence-corrected chi connectivity index (χ1v) is 9.83. The predicted octanol–water partition coefficient (Wildman–Crippen LogP) is 4.21. The fourth-order valence-electron chi connectivity index (χ4n) is 3.85. The molecule has 1 atom stereocenters. The molecule has 1 N–H and O–H groups in total. The second kappa shape index (κ2) is 7.71. The van der Waals surface area contributed by atoms with E-state index in [9.17, 15) is 9.59 Å². The third kappa shape index (κ3) is 3.24. The van der Waals surface area contributed by atoms with Gasteiger partial charge in [0.15, 0.2) is 16.9 Å². The van der Waals surface area contributed by atoms with Gasteiger partial charge in [-0.2, -0.15) is 0 Å². The van der Waals surface area contributed by atoms with Gasteiger partial charge in [-0.3, -0.25) is 9.59 Å². The van der Waals surface area contributed by atoms with Crippen LogP contribution >= 0.6 is 0 Å². The van der Waals surface area contributed by atoms with Crippen molar-refractivity contribution in [3.63, 3.8) is 0 Å². The average Bonchev–Trinajstić information content (AvgIpc) is 3.05. The lowest BCUT2D eigenvalue weighted by molar-refractivity contribution is 0.0938. The largest absolute Gasteiger partial charge is 0.490 e. The van der Waals surface area contributed by atoms with E-state index in [4.69, 9.17) is 13.9 Å². The lowest BCUT2D eigenvalue weighted by Crippen LogP contribution is -2.22. The van der Waals surface area contributed by atoms with Gasteiger partial charge in [0.1, 0.15) is 12.2 Å². The molecule has 3 aromatic rings. The monoisotopic (exact) mass is 405 g/mol. The standard InChI is InChI=1S/C24H23NO5/c1-5-9-29-17-8-7-15(12-18(17)28-6-2)20-19-21(26)16-11-13(3)10-14(4)22(16)30-23(19)24(27)25-20/h5,7-8,10-12,20H,1,6,9H2,2-4H3,(H,25,27). The van der Waals surface area contributed by atoms with Crippen molar-refractivity contribution in [1.82, 2.24) is 5.32 Å². The Kier molecular flexibility index (Phi) is 5.08. The first-order valence-electron chi connectivity index (χ1n) is 9.83. The van der Waals surface area contributed by atoms with Crippen LogP contribution in [0, 0.1) is 13.8 Å². The number of amides is 1. The van der Waals surface area contributed by atoms with E-state index in [1.807, 2.05) is 32.9 Å². The van der Waals surface area contributed by atoms with Crippen molar-refractivity contribution in [2.45, 2.75) is 26.8 Å². The van der Waals surface area contributed by atoms with Crippen molar-refractivity contribution >= 4 is 16.9 Å². The van der Waals surface area contributed by atoms with E-state index < -0.39 is 11.9 Å². The highest BCUT2D eigenvalue weighted by Gasteiger charge is 2.36. The zero-order valence-corrected chi connectivity index (χ0v) is 17.2. The second-order valence-corrected chi connectivity index (χ2v) is 7.28. The van der Waals surface area contributed by atoms with Gasteiger partial charge in [-0.15, -0.1) is 0 Å². The van der Waals surface area contributed by atoms with Crippen LogP contribution in [-0.4, -0.2) is 19.1 Å². The molecule has 1 aliphatic rings. The van der Waals surface area contributed by atoms with E-state index in [1.165, 1.54) is 0 Å². The number of hydrogen-bond donors (Lipinski definition) is 1. The molecule has 30 heavy (non-hydrogen) atoms. The first-order chi connectivity index (χ1) is 14.4. The van der Waals surface area contributed by atoms with Crippen molar-refractivity contribution in [1.29, 1.82) is 0 Å². The highest BCUT2D eigenvalue weighted by molar-refractivity contribution is 5.99. The summed E-state index contributed by atoms with van der Waals surface area (Å²) in [4.78, 5) is 26.0. The molecular weight excluding hydrogens is 382 g/mol. The van der Waals surface area contributed by atoms with Gasteiger partial charge < -0.3 is 19.2 Å². The molecule has 2 heterocycles. The Hall–Kier alpha value is -3.54. The number of nitrogens with one attached hydrogen (secondary N) is 1. The molecule has 0 radical (unpaired) electrons. The number of carbonyl (C=O) groups excluding carboxylic acids is 1. The molecule has 0 aliphatic carbocycles. The minimum Gasteiger partial charge on any atom is -0.490 e. The van der Waals surface area contributed by atoms with Crippen LogP contribution in [0.4, 0.5) is 0 Å². The number of ether oxygens (including phenoxy) is 2. The molecule has 6 heteroatoms. The van der Waals surface area contributed by atoms with E-state index in [0.717, 1.165) is 11.1 Å². The molecule has 6 nitrogen and oxygen atoms in total. The van der Waals surface area contributed by atoms with Crippen LogP contribution in [0.1, 0.15) is 45.8 Å². The minimum atomic E-state index is -0.623. The van der Waals surface area contributed by atoms with Crippen LogP contribution in [0.2, 0.25) is 0 Å². The van der Waals surface area contributed by atoms with Gasteiger partial charge in [0.05, 0.1) is 23.6 Å². The summed E-state index contributed by atoms with van der Waals surface area (Å²) in [5, 5.41) is 3.35. The average molecular weight is 405 g/mol. The third-order valence-corrected chi connectivity index (χ3v) is 5.08. The Labute approximate surface area is 174 Å². The van der Waals surface area contributed by atoms with Crippen molar-refractivity contribution in [2.75, 3.05) is 13.2 Å². The number of hydrogen-bond acceptors (Lipinski definition) is 5. The van der Waals surface area contributed by atoms with Gasteiger partial charge in [-0.25, -0.2) is 0 Å². The molecule has 2 aromatic carbocycles. The van der Waals surface area contributed by atoms with Crippen LogP contribution in [0.15, 0.2) is 52.2 Å². The molecule has 0 saturated heterocycles. The maximum Gasteiger partial charge on any atom is 0.288 e. The molecule has 154 valence electrons. The highest BCUT2D eigenvalue weighted by Crippen LogP contribution is 2.36. The van der Waals surface area contributed by atoms with E-state index in [1.54, 1.807) is 24.3 Å². The van der Waals surface area contributed by atoms with Gasteiger partial charge in [0.2, 0.25) is 5.76 Å². The molecule has 0 spiro atoms. The fourth-order valence-corrected chi connectivity index (χ4v) is 3.85. The van der Waals surface area contributed by atoms with Crippen LogP contribution in [0.5, 0.6) is 11.5 Å². The van der Waals surface area contributed by atoms with Gasteiger partial charge in [0.25, 0.3) is 5.91 Å². The van der Waals surface area contributed by atoms with E-state index in [0.29, 0.717) is 46.8 Å². The highest BCUT2D eigenvalue weighted by atomic mass is 16.5. The number of benzene rings is 2. The zero-order chi connectivity index (χ0) is 21.4. The SMILES string of the molecule is C=CCOc1ccc(C2NC(=O)c3oc4c(C)cc(C)cc4c(=O)c32)cc1OCC. The summed E-state index contributed by atoms with van der Waals surface area (Å²) in [5.74, 6) is 0.770. The normalized spacial score (nSPS) is 15.0. The Morgan fingerprint density at radius 2 is 1.93 bits per heavy atom.